The normalized spacial score (nSPS) is 19.6. The first-order valence-corrected chi connectivity index (χ1v) is 10.8. The van der Waals surface area contributed by atoms with Crippen LogP contribution in [0.25, 0.3) is 10.9 Å². The minimum atomic E-state index is -0.904. The number of aromatic carboxylic acids is 1. The van der Waals surface area contributed by atoms with Gasteiger partial charge in [-0.15, -0.1) is 0 Å². The molecule has 2 atom stereocenters. The van der Waals surface area contributed by atoms with Crippen molar-refractivity contribution in [2.45, 2.75) is 45.4 Å². The summed E-state index contributed by atoms with van der Waals surface area (Å²) in [6.07, 6.45) is 4.04. The highest BCUT2D eigenvalue weighted by Gasteiger charge is 2.31. The monoisotopic (exact) mass is 422 g/mol. The van der Waals surface area contributed by atoms with E-state index in [0.717, 1.165) is 48.3 Å². The van der Waals surface area contributed by atoms with Crippen LogP contribution in [0, 0.1) is 6.92 Å². The molecule has 1 aliphatic heterocycles. The molecule has 3 aromatic rings. The summed E-state index contributed by atoms with van der Waals surface area (Å²) < 4.78 is 11.7. The van der Waals surface area contributed by atoms with Gasteiger partial charge in [-0.1, -0.05) is 12.1 Å². The van der Waals surface area contributed by atoms with E-state index in [1.54, 1.807) is 19.2 Å². The molecule has 1 saturated heterocycles. The summed E-state index contributed by atoms with van der Waals surface area (Å²) in [6, 6.07) is 11.6. The first-order valence-electron chi connectivity index (χ1n) is 10.8. The molecule has 4 rings (SSSR count). The SMILES string of the molecule is CCOC1CCN(Cc2c(OC)cc(C)c3[nH]ccc23)[C@@H](c2ccc(C(=O)O)cc2)C1. The number of aryl methyl sites for hydroxylation is 1. The number of nitrogens with zero attached hydrogens (tertiary/aromatic N) is 1. The predicted molar refractivity (Wildman–Crippen MR) is 121 cm³/mol. The van der Waals surface area contributed by atoms with Gasteiger partial charge in [0.15, 0.2) is 0 Å². The van der Waals surface area contributed by atoms with Crippen LogP contribution in [-0.2, 0) is 11.3 Å². The Morgan fingerprint density at radius 1 is 1.26 bits per heavy atom. The number of methoxy groups -OCH3 is 1. The summed E-state index contributed by atoms with van der Waals surface area (Å²) in [6.45, 7) is 6.47. The second-order valence-electron chi connectivity index (χ2n) is 8.16. The Labute approximate surface area is 182 Å². The average Bonchev–Trinajstić information content (AvgIpc) is 3.27. The van der Waals surface area contributed by atoms with Crippen molar-refractivity contribution < 1.29 is 19.4 Å². The van der Waals surface area contributed by atoms with E-state index in [2.05, 4.69) is 28.9 Å². The van der Waals surface area contributed by atoms with E-state index in [1.807, 2.05) is 25.3 Å². The van der Waals surface area contributed by atoms with Gasteiger partial charge in [0, 0.05) is 48.4 Å². The first-order chi connectivity index (χ1) is 15.0. The zero-order valence-corrected chi connectivity index (χ0v) is 18.4. The molecule has 1 aromatic heterocycles. The molecule has 2 heterocycles. The number of piperidine rings is 1. The maximum atomic E-state index is 11.3. The molecular weight excluding hydrogens is 392 g/mol. The van der Waals surface area contributed by atoms with Crippen molar-refractivity contribution in [2.24, 2.45) is 0 Å². The molecule has 0 saturated carbocycles. The molecule has 0 radical (unpaired) electrons. The van der Waals surface area contributed by atoms with E-state index in [4.69, 9.17) is 9.47 Å². The number of hydrogen-bond donors (Lipinski definition) is 2. The number of nitrogens with one attached hydrogen (secondary N) is 1. The van der Waals surface area contributed by atoms with Gasteiger partial charge < -0.3 is 19.6 Å². The molecular formula is C25H30N2O4. The molecule has 2 aromatic carbocycles. The fraction of sp³-hybridized carbons (Fsp3) is 0.400. The number of aromatic nitrogens is 1. The van der Waals surface area contributed by atoms with Crippen LogP contribution in [0.4, 0.5) is 0 Å². The van der Waals surface area contributed by atoms with E-state index in [-0.39, 0.29) is 12.1 Å². The molecule has 1 aliphatic rings. The molecule has 6 nitrogen and oxygen atoms in total. The van der Waals surface area contributed by atoms with Crippen molar-refractivity contribution in [2.75, 3.05) is 20.3 Å². The Balaban J connectivity index is 1.69. The van der Waals surface area contributed by atoms with Crippen LogP contribution in [0.3, 0.4) is 0 Å². The van der Waals surface area contributed by atoms with Crippen LogP contribution >= 0.6 is 0 Å². The lowest BCUT2D eigenvalue weighted by atomic mass is 9.91. The smallest absolute Gasteiger partial charge is 0.335 e. The predicted octanol–water partition coefficient (Wildman–Crippen LogP) is 4.93. The third-order valence-electron chi connectivity index (χ3n) is 6.30. The van der Waals surface area contributed by atoms with E-state index in [0.29, 0.717) is 12.2 Å². The standard InChI is InChI=1S/C25H30N2O4/c1-4-31-19-10-12-27(22(14-19)17-5-7-18(8-6-17)25(28)29)15-21-20-9-11-26-24(20)16(2)13-23(21)30-3/h5-9,11,13,19,22,26H,4,10,12,14-15H2,1-3H3,(H,28,29)/t19?,22-/m1/s1. The fourth-order valence-corrected chi connectivity index (χ4v) is 4.74. The molecule has 0 aliphatic carbocycles. The van der Waals surface area contributed by atoms with Gasteiger partial charge in [0.25, 0.3) is 0 Å². The zero-order valence-electron chi connectivity index (χ0n) is 18.4. The van der Waals surface area contributed by atoms with Crippen molar-refractivity contribution in [1.82, 2.24) is 9.88 Å². The molecule has 164 valence electrons. The molecule has 31 heavy (non-hydrogen) atoms. The number of ether oxygens (including phenoxy) is 2. The Morgan fingerprint density at radius 2 is 2.03 bits per heavy atom. The second kappa shape index (κ2) is 9.12. The van der Waals surface area contributed by atoms with E-state index in [1.165, 1.54) is 10.9 Å². The number of carboxylic acids is 1. The number of rotatable bonds is 7. The summed E-state index contributed by atoms with van der Waals surface area (Å²) >= 11 is 0. The van der Waals surface area contributed by atoms with Crippen LogP contribution in [0.2, 0.25) is 0 Å². The van der Waals surface area contributed by atoms with Gasteiger partial charge in [-0.2, -0.15) is 0 Å². The minimum absolute atomic E-state index is 0.146. The summed E-state index contributed by atoms with van der Waals surface area (Å²) in [7, 11) is 1.72. The highest BCUT2D eigenvalue weighted by Crippen LogP contribution is 2.37. The van der Waals surface area contributed by atoms with Crippen LogP contribution in [0.1, 0.15) is 52.9 Å². The maximum absolute atomic E-state index is 11.3. The number of H-pyrrole nitrogens is 1. The Kier molecular flexibility index (Phi) is 6.30. The van der Waals surface area contributed by atoms with Gasteiger partial charge in [0.1, 0.15) is 5.75 Å². The van der Waals surface area contributed by atoms with E-state index in [9.17, 15) is 9.90 Å². The summed E-state index contributed by atoms with van der Waals surface area (Å²) in [4.78, 5) is 17.1. The van der Waals surface area contributed by atoms with Crippen molar-refractivity contribution in [3.8, 4) is 5.75 Å². The highest BCUT2D eigenvalue weighted by molar-refractivity contribution is 5.88. The number of fused-ring (bicyclic) bond motifs is 1. The molecule has 1 fully saturated rings. The van der Waals surface area contributed by atoms with Crippen molar-refractivity contribution >= 4 is 16.9 Å². The second-order valence-corrected chi connectivity index (χ2v) is 8.16. The average molecular weight is 423 g/mol. The lowest BCUT2D eigenvalue weighted by molar-refractivity contribution is -0.0138. The lowest BCUT2D eigenvalue weighted by Crippen LogP contribution is -2.39. The Hall–Kier alpha value is -2.83. The first kappa shape index (κ1) is 21.4. The molecule has 0 bridgehead atoms. The van der Waals surface area contributed by atoms with Crippen molar-refractivity contribution in [1.29, 1.82) is 0 Å². The van der Waals surface area contributed by atoms with Crippen LogP contribution in [0.15, 0.2) is 42.6 Å². The summed E-state index contributed by atoms with van der Waals surface area (Å²) in [5.74, 6) is -0.00464. The van der Waals surface area contributed by atoms with Crippen LogP contribution in [0.5, 0.6) is 5.75 Å². The number of carboxylic acid groups (broad SMARTS) is 1. The van der Waals surface area contributed by atoms with Gasteiger partial charge in [-0.05, 0) is 62.1 Å². The lowest BCUT2D eigenvalue weighted by Gasteiger charge is -2.40. The number of benzene rings is 2. The molecule has 1 unspecified atom stereocenters. The van der Waals surface area contributed by atoms with Crippen LogP contribution < -0.4 is 4.74 Å². The van der Waals surface area contributed by atoms with Gasteiger partial charge in [0.05, 0.1) is 18.8 Å². The molecule has 2 N–H and O–H groups in total. The highest BCUT2D eigenvalue weighted by atomic mass is 16.5. The third-order valence-corrected chi connectivity index (χ3v) is 6.30. The number of likely N-dealkylation sites (tertiary alicyclic amines) is 1. The fourth-order valence-electron chi connectivity index (χ4n) is 4.74. The third kappa shape index (κ3) is 4.31. The van der Waals surface area contributed by atoms with Gasteiger partial charge >= 0.3 is 5.97 Å². The molecule has 0 spiro atoms. The number of hydrogen-bond acceptors (Lipinski definition) is 4. The van der Waals surface area contributed by atoms with E-state index < -0.39 is 5.97 Å². The van der Waals surface area contributed by atoms with E-state index >= 15 is 0 Å². The Bertz CT molecular complexity index is 1060. The van der Waals surface area contributed by atoms with Gasteiger partial charge in [0.2, 0.25) is 0 Å². The van der Waals surface area contributed by atoms with Gasteiger partial charge in [-0.25, -0.2) is 4.79 Å². The Morgan fingerprint density at radius 3 is 2.71 bits per heavy atom. The largest absolute Gasteiger partial charge is 0.496 e. The number of carbonyl (C=O) groups is 1. The minimum Gasteiger partial charge on any atom is -0.496 e. The molecule has 6 heteroatoms. The zero-order chi connectivity index (χ0) is 22.0. The van der Waals surface area contributed by atoms with Crippen molar-refractivity contribution in [3.63, 3.8) is 0 Å². The summed E-state index contributed by atoms with van der Waals surface area (Å²) in [5.41, 5.74) is 4.90. The quantitative estimate of drug-likeness (QED) is 0.565. The number of aromatic amines is 1. The topological polar surface area (TPSA) is 74.8 Å². The summed E-state index contributed by atoms with van der Waals surface area (Å²) in [5, 5.41) is 10.4. The van der Waals surface area contributed by atoms with Gasteiger partial charge in [-0.3, -0.25) is 4.90 Å². The van der Waals surface area contributed by atoms with Crippen molar-refractivity contribution in [3.05, 3.63) is 64.8 Å². The molecule has 0 amide bonds. The maximum Gasteiger partial charge on any atom is 0.335 e. The van der Waals surface area contributed by atoms with Crippen LogP contribution in [-0.4, -0.2) is 47.3 Å².